The van der Waals surface area contributed by atoms with Gasteiger partial charge in [0.15, 0.2) is 5.12 Å². The van der Waals surface area contributed by atoms with Gasteiger partial charge in [-0.2, -0.15) is 0 Å². The van der Waals surface area contributed by atoms with Gasteiger partial charge in [0.05, 0.1) is 0 Å². The summed E-state index contributed by atoms with van der Waals surface area (Å²) in [7, 11) is 0. The maximum Gasteiger partial charge on any atom is 0.327 e. The second kappa shape index (κ2) is 5.58. The number of amides is 1. The van der Waals surface area contributed by atoms with Crippen LogP contribution >= 0.6 is 11.8 Å². The summed E-state index contributed by atoms with van der Waals surface area (Å²) in [5.74, 6) is -1.50. The summed E-state index contributed by atoms with van der Waals surface area (Å²) in [5, 5.41) is 10.6. The van der Waals surface area contributed by atoms with Crippen LogP contribution in [-0.2, 0) is 14.4 Å². The van der Waals surface area contributed by atoms with Gasteiger partial charge in [-0.3, -0.25) is 9.59 Å². The Bertz CT molecular complexity index is 229. The number of carbonyl (C=O) groups excluding carboxylic acids is 2. The summed E-state index contributed by atoms with van der Waals surface area (Å²) in [6.45, 7) is 2.58. The van der Waals surface area contributed by atoms with Crippen LogP contribution < -0.4 is 5.32 Å². The fourth-order valence-corrected chi connectivity index (χ4v) is 1.25. The van der Waals surface area contributed by atoms with Crippen molar-refractivity contribution in [1.82, 2.24) is 5.32 Å². The standard InChI is InChI=1S/C7H11NO4S/c1-4(9)8-6(7(11)12)3-13-5(2)10/h6H,3H2,1-2H3,(H,8,9)(H,11,12)/t6-/m0/s1/i3+1,6+1,7+1,8+1. The second-order valence-electron chi connectivity index (χ2n) is 2.39. The Kier molecular flexibility index (Phi) is 5.13. The van der Waals surface area contributed by atoms with Gasteiger partial charge in [-0.25, -0.2) is 4.79 Å². The third-order valence-corrected chi connectivity index (χ3v) is 2.04. The molecule has 0 saturated carbocycles. The van der Waals surface area contributed by atoms with Gasteiger partial charge in [-0.15, -0.1) is 0 Å². The summed E-state index contributed by atoms with van der Waals surface area (Å²) in [4.78, 5) is 31.6. The SMILES string of the molecule is CC(=O)[15NH][13C@@H]([13CH2]SC(C)=O)[13C](=O)O. The Morgan fingerprint density at radius 1 is 1.38 bits per heavy atom. The van der Waals surface area contributed by atoms with E-state index in [2.05, 4.69) is 5.32 Å². The molecule has 0 aromatic heterocycles. The molecule has 0 heterocycles. The molecule has 0 spiro atoms. The topological polar surface area (TPSA) is 83.5 Å². The predicted molar refractivity (Wildman–Crippen MR) is 48.4 cm³/mol. The van der Waals surface area contributed by atoms with Crippen LogP contribution in [0.2, 0.25) is 0 Å². The number of carbonyl (C=O) groups is 3. The first-order valence-corrected chi connectivity index (χ1v) is 4.55. The molecular weight excluding hydrogens is 198 g/mol. The number of thioether (sulfide) groups is 1. The van der Waals surface area contributed by atoms with E-state index >= 15 is 0 Å². The van der Waals surface area contributed by atoms with Gasteiger partial charge < -0.3 is 10.4 Å². The van der Waals surface area contributed by atoms with E-state index in [1.807, 2.05) is 0 Å². The maximum absolute atomic E-state index is 10.5. The van der Waals surface area contributed by atoms with E-state index in [1.54, 1.807) is 0 Å². The molecule has 74 valence electrons. The highest BCUT2D eigenvalue weighted by Crippen LogP contribution is 2.03. The third kappa shape index (κ3) is 6.15. The Labute approximate surface area is 79.9 Å². The number of hydrogen-bond acceptors (Lipinski definition) is 4. The number of carboxylic acids is 1. The van der Waals surface area contributed by atoms with Crippen LogP contribution in [0, 0.1) is 0 Å². The van der Waals surface area contributed by atoms with E-state index < -0.39 is 17.9 Å². The fraction of sp³-hybridized carbons (Fsp3) is 0.571. The summed E-state index contributed by atoms with van der Waals surface area (Å²) in [6.07, 6.45) is 0. The van der Waals surface area contributed by atoms with E-state index in [9.17, 15) is 14.4 Å². The molecule has 0 radical (unpaired) electrons. The Hall–Kier alpha value is -1.04. The molecule has 2 N–H and O–H groups in total. The molecule has 0 aliphatic carbocycles. The van der Waals surface area contributed by atoms with Crippen molar-refractivity contribution in [1.29, 1.82) is 0 Å². The molecule has 1 atom stereocenters. The first-order valence-electron chi connectivity index (χ1n) is 3.56. The molecule has 0 aromatic carbocycles. The summed E-state index contributed by atoms with van der Waals surface area (Å²) >= 11 is 0.875. The van der Waals surface area contributed by atoms with Gasteiger partial charge in [-0.05, 0) is 0 Å². The van der Waals surface area contributed by atoms with Crippen molar-refractivity contribution in [3.8, 4) is 0 Å². The van der Waals surface area contributed by atoms with Crippen LogP contribution in [0.5, 0.6) is 0 Å². The van der Waals surface area contributed by atoms with E-state index in [1.165, 1.54) is 13.8 Å². The first-order chi connectivity index (χ1) is 5.93. The molecule has 0 rings (SSSR count). The highest BCUT2D eigenvalue weighted by molar-refractivity contribution is 8.13. The Balaban J connectivity index is 4.02. The number of aliphatic carboxylic acids is 1. The van der Waals surface area contributed by atoms with Gasteiger partial charge >= 0.3 is 5.97 Å². The van der Waals surface area contributed by atoms with Crippen molar-refractivity contribution in [2.24, 2.45) is 0 Å². The number of rotatable bonds is 4. The normalized spacial score (nSPS) is 11.8. The van der Waals surface area contributed by atoms with Crippen LogP contribution in [0.4, 0.5) is 0 Å². The number of carboxylic acid groups (broad SMARTS) is 1. The number of nitrogens with one attached hydrogen (secondary N) is 1. The first kappa shape index (κ1) is 12.0. The van der Waals surface area contributed by atoms with Crippen LogP contribution in [0.3, 0.4) is 0 Å². The molecule has 1 amide bonds. The minimum absolute atomic E-state index is 0.0598. The van der Waals surface area contributed by atoms with E-state index in [-0.39, 0.29) is 10.9 Å². The average molecular weight is 209 g/mol. The Morgan fingerprint density at radius 2 is 1.92 bits per heavy atom. The highest BCUT2D eigenvalue weighted by Gasteiger charge is 2.18. The zero-order valence-corrected chi connectivity index (χ0v) is 8.18. The molecule has 0 unspecified atom stereocenters. The lowest BCUT2D eigenvalue weighted by atomic mass is 10.8. The Morgan fingerprint density at radius 3 is 2.23 bits per heavy atom. The second-order valence-corrected chi connectivity index (χ2v) is 3.59. The molecular formula is C7H11NO4S. The zero-order valence-electron chi connectivity index (χ0n) is 7.36. The predicted octanol–water partition coefficient (Wildman–Crippen LogP) is -0.145. The quantitative estimate of drug-likeness (QED) is 0.497. The summed E-state index contributed by atoms with van der Waals surface area (Å²) in [6, 6.07) is -0.994. The summed E-state index contributed by atoms with van der Waals surface area (Å²) in [5.41, 5.74) is 0. The molecule has 0 aliphatic rings. The van der Waals surface area contributed by atoms with Crippen molar-refractivity contribution in [3.05, 3.63) is 0 Å². The fourth-order valence-electron chi connectivity index (χ4n) is 0.621. The van der Waals surface area contributed by atoms with Crippen LogP contribution in [0.25, 0.3) is 0 Å². The van der Waals surface area contributed by atoms with Gasteiger partial charge in [-0.1, -0.05) is 11.8 Å². The molecule has 0 saturated heterocycles. The molecule has 6 heteroatoms. The van der Waals surface area contributed by atoms with Crippen molar-refractivity contribution >= 4 is 28.8 Å². The minimum atomic E-state index is -1.14. The largest absolute Gasteiger partial charge is 0.480 e. The lowest BCUT2D eigenvalue weighted by Crippen LogP contribution is -2.41. The van der Waals surface area contributed by atoms with E-state index in [4.69, 9.17) is 5.11 Å². The van der Waals surface area contributed by atoms with Crippen LogP contribution in [0.1, 0.15) is 13.8 Å². The third-order valence-electron chi connectivity index (χ3n) is 1.13. The molecule has 13 heavy (non-hydrogen) atoms. The van der Waals surface area contributed by atoms with Crippen LogP contribution in [-0.4, -0.2) is 33.9 Å². The van der Waals surface area contributed by atoms with Crippen molar-refractivity contribution in [2.45, 2.75) is 19.9 Å². The minimum Gasteiger partial charge on any atom is -0.480 e. The van der Waals surface area contributed by atoms with Crippen LogP contribution in [0.15, 0.2) is 0 Å². The van der Waals surface area contributed by atoms with Crippen molar-refractivity contribution in [3.63, 3.8) is 0 Å². The molecule has 0 aliphatic heterocycles. The lowest BCUT2D eigenvalue weighted by Gasteiger charge is -2.10. The van der Waals surface area contributed by atoms with Gasteiger partial charge in [0.25, 0.3) is 0 Å². The molecule has 5 nitrogen and oxygen atoms in total. The smallest absolute Gasteiger partial charge is 0.327 e. The molecule has 0 fully saturated rings. The lowest BCUT2D eigenvalue weighted by molar-refractivity contribution is -0.140. The summed E-state index contributed by atoms with van der Waals surface area (Å²) < 4.78 is 0. The zero-order chi connectivity index (χ0) is 10.4. The van der Waals surface area contributed by atoms with Crippen molar-refractivity contribution in [2.75, 3.05) is 5.75 Å². The van der Waals surface area contributed by atoms with E-state index in [0.29, 0.717) is 0 Å². The van der Waals surface area contributed by atoms with E-state index in [0.717, 1.165) is 11.8 Å². The highest BCUT2D eigenvalue weighted by atomic mass is 32.2. The average Bonchev–Trinajstić information content (AvgIpc) is 1.96. The molecule has 0 aromatic rings. The van der Waals surface area contributed by atoms with Gasteiger partial charge in [0, 0.05) is 19.6 Å². The molecule has 0 bridgehead atoms. The van der Waals surface area contributed by atoms with Gasteiger partial charge in [0.1, 0.15) is 6.04 Å². The van der Waals surface area contributed by atoms with Crippen molar-refractivity contribution < 1.29 is 19.5 Å². The monoisotopic (exact) mass is 209 g/mol. The number of hydrogen-bond donors (Lipinski definition) is 2. The van der Waals surface area contributed by atoms with Gasteiger partial charge in [0.2, 0.25) is 5.91 Å². The maximum atomic E-state index is 10.5.